The lowest BCUT2D eigenvalue weighted by atomic mass is 9.59. The van der Waals surface area contributed by atoms with E-state index >= 15 is 0 Å². The zero-order valence-electron chi connectivity index (χ0n) is 20.6. The zero-order valence-corrected chi connectivity index (χ0v) is 20.6. The van der Waals surface area contributed by atoms with Crippen molar-refractivity contribution >= 4 is 5.97 Å². The van der Waals surface area contributed by atoms with E-state index in [9.17, 15) is 4.79 Å². The Morgan fingerprint density at radius 3 is 2.30 bits per heavy atom. The van der Waals surface area contributed by atoms with E-state index in [0.29, 0.717) is 24.2 Å². The van der Waals surface area contributed by atoms with E-state index in [1.54, 1.807) is 0 Å². The molecule has 0 saturated heterocycles. The largest absolute Gasteiger partial charge is 0.490 e. The van der Waals surface area contributed by atoms with Crippen LogP contribution in [0.15, 0.2) is 48.6 Å². The zero-order chi connectivity index (χ0) is 23.0. The Bertz CT molecular complexity index is 800. The fourth-order valence-electron chi connectivity index (χ4n) is 6.84. The highest BCUT2D eigenvalue weighted by Gasteiger charge is 2.43. The van der Waals surface area contributed by atoms with E-state index < -0.39 is 0 Å². The normalized spacial score (nSPS) is 32.5. The van der Waals surface area contributed by atoms with E-state index in [1.165, 1.54) is 57.8 Å². The summed E-state index contributed by atoms with van der Waals surface area (Å²) in [6.45, 7) is 4.68. The van der Waals surface area contributed by atoms with E-state index in [4.69, 9.17) is 9.47 Å². The van der Waals surface area contributed by atoms with Gasteiger partial charge in [-0.25, -0.2) is 0 Å². The molecule has 4 atom stereocenters. The topological polar surface area (TPSA) is 35.5 Å². The Morgan fingerprint density at radius 2 is 1.58 bits per heavy atom. The van der Waals surface area contributed by atoms with Crippen molar-refractivity contribution in [3.8, 4) is 11.5 Å². The maximum atomic E-state index is 13.1. The highest BCUT2D eigenvalue weighted by atomic mass is 16.5. The fourth-order valence-corrected chi connectivity index (χ4v) is 6.84. The minimum absolute atomic E-state index is 0.0161. The van der Waals surface area contributed by atoms with E-state index in [0.717, 1.165) is 29.9 Å². The quantitative estimate of drug-likeness (QED) is 0.242. The molecule has 3 saturated carbocycles. The summed E-state index contributed by atoms with van der Waals surface area (Å²) >= 11 is 0. The molecule has 0 spiro atoms. The molecule has 1 aromatic rings. The Labute approximate surface area is 200 Å². The maximum absolute atomic E-state index is 13.1. The van der Waals surface area contributed by atoms with Crippen LogP contribution in [-0.4, -0.2) is 12.6 Å². The second-order valence-corrected chi connectivity index (χ2v) is 10.5. The number of carbonyl (C=O) groups is 1. The van der Waals surface area contributed by atoms with Gasteiger partial charge in [-0.15, -0.1) is 0 Å². The van der Waals surface area contributed by atoms with Crippen LogP contribution in [0.1, 0.15) is 78.1 Å². The molecule has 3 aliphatic carbocycles. The van der Waals surface area contributed by atoms with Gasteiger partial charge in [0.05, 0.1) is 5.92 Å². The lowest BCUT2D eigenvalue weighted by Gasteiger charge is -2.45. The molecule has 3 aliphatic rings. The monoisotopic (exact) mass is 450 g/mol. The van der Waals surface area contributed by atoms with Crippen LogP contribution in [0.3, 0.4) is 0 Å². The Kier molecular flexibility index (Phi) is 8.69. The van der Waals surface area contributed by atoms with Crippen molar-refractivity contribution in [2.75, 3.05) is 6.61 Å². The number of fused-ring (bicyclic) bond motifs is 1. The van der Waals surface area contributed by atoms with Crippen molar-refractivity contribution in [2.45, 2.75) is 78.1 Å². The molecular formula is C30H42O3. The van der Waals surface area contributed by atoms with Crippen molar-refractivity contribution in [3.63, 3.8) is 0 Å². The summed E-state index contributed by atoms with van der Waals surface area (Å²) in [5.41, 5.74) is 0. The molecular weight excluding hydrogens is 408 g/mol. The third kappa shape index (κ3) is 6.31. The smallest absolute Gasteiger partial charge is 0.314 e. The lowest BCUT2D eigenvalue weighted by Crippen LogP contribution is -2.40. The van der Waals surface area contributed by atoms with Crippen LogP contribution in [0, 0.1) is 35.5 Å². The van der Waals surface area contributed by atoms with Crippen LogP contribution in [0.2, 0.25) is 0 Å². The lowest BCUT2D eigenvalue weighted by molar-refractivity contribution is -0.144. The number of esters is 1. The molecule has 0 aromatic heterocycles. The number of hydrogen-bond acceptors (Lipinski definition) is 3. The summed E-state index contributed by atoms with van der Waals surface area (Å²) in [5, 5.41) is 0. The third-order valence-corrected chi connectivity index (χ3v) is 8.56. The van der Waals surface area contributed by atoms with Crippen LogP contribution >= 0.6 is 0 Å². The molecule has 0 radical (unpaired) electrons. The van der Waals surface area contributed by atoms with Gasteiger partial charge in [-0.3, -0.25) is 4.79 Å². The SMILES string of the molecule is C/C=C/COc1ccc(OC(=O)C2CCCC3CC(C4CCC(/C=C/C)CC4)CCC32)cc1. The predicted molar refractivity (Wildman–Crippen MR) is 134 cm³/mol. The van der Waals surface area contributed by atoms with Gasteiger partial charge in [-0.1, -0.05) is 37.1 Å². The standard InChI is InChI=1S/C30H42O3/c1-3-5-20-32-26-15-17-27(18-16-26)33-30(31)29-9-6-8-25-21-24(14-19-28(25)29)23-12-10-22(7-4-2)11-13-23/h3-5,7,15-18,22-25,28-29H,6,8-14,19-21H2,1-2H3/b5-3+,7-4+. The van der Waals surface area contributed by atoms with Crippen LogP contribution in [0.25, 0.3) is 0 Å². The molecule has 3 heteroatoms. The highest BCUT2D eigenvalue weighted by molar-refractivity contribution is 5.75. The molecule has 0 N–H and O–H groups in total. The Hall–Kier alpha value is -2.03. The van der Waals surface area contributed by atoms with Crippen molar-refractivity contribution in [1.29, 1.82) is 0 Å². The van der Waals surface area contributed by atoms with Crippen molar-refractivity contribution in [1.82, 2.24) is 0 Å². The average molecular weight is 451 g/mol. The van der Waals surface area contributed by atoms with Crippen LogP contribution in [-0.2, 0) is 4.79 Å². The van der Waals surface area contributed by atoms with Crippen LogP contribution in [0.4, 0.5) is 0 Å². The summed E-state index contributed by atoms with van der Waals surface area (Å²) in [6.07, 6.45) is 21.4. The number of benzene rings is 1. The van der Waals surface area contributed by atoms with Gasteiger partial charge in [0, 0.05) is 0 Å². The first-order chi connectivity index (χ1) is 16.2. The summed E-state index contributed by atoms with van der Waals surface area (Å²) in [5.74, 6) is 5.31. The molecule has 0 aliphatic heterocycles. The molecule has 180 valence electrons. The molecule has 0 heterocycles. The molecule has 0 bridgehead atoms. The molecule has 1 aromatic carbocycles. The van der Waals surface area contributed by atoms with Gasteiger partial charge in [0.1, 0.15) is 18.1 Å². The van der Waals surface area contributed by atoms with Crippen molar-refractivity contribution in [2.24, 2.45) is 35.5 Å². The Balaban J connectivity index is 1.29. The van der Waals surface area contributed by atoms with Gasteiger partial charge in [-0.2, -0.15) is 0 Å². The average Bonchev–Trinajstić information content (AvgIpc) is 2.85. The molecule has 33 heavy (non-hydrogen) atoms. The van der Waals surface area contributed by atoms with Gasteiger partial charge in [0.25, 0.3) is 0 Å². The number of carbonyl (C=O) groups excluding carboxylic acids is 1. The van der Waals surface area contributed by atoms with E-state index in [1.807, 2.05) is 43.3 Å². The fraction of sp³-hybridized carbons (Fsp3) is 0.633. The molecule has 0 amide bonds. The number of allylic oxidation sites excluding steroid dienone is 3. The molecule has 3 fully saturated rings. The highest BCUT2D eigenvalue weighted by Crippen LogP contribution is 2.50. The molecule has 4 rings (SSSR count). The van der Waals surface area contributed by atoms with Crippen LogP contribution in [0.5, 0.6) is 11.5 Å². The van der Waals surface area contributed by atoms with Crippen molar-refractivity contribution in [3.05, 3.63) is 48.6 Å². The van der Waals surface area contributed by atoms with Gasteiger partial charge in [0.2, 0.25) is 0 Å². The molecule has 4 unspecified atom stereocenters. The van der Waals surface area contributed by atoms with Gasteiger partial charge < -0.3 is 9.47 Å². The van der Waals surface area contributed by atoms with E-state index in [2.05, 4.69) is 19.1 Å². The second kappa shape index (κ2) is 11.9. The van der Waals surface area contributed by atoms with Crippen LogP contribution < -0.4 is 9.47 Å². The first-order valence-electron chi connectivity index (χ1n) is 13.4. The maximum Gasteiger partial charge on any atom is 0.314 e. The van der Waals surface area contributed by atoms with Gasteiger partial charge >= 0.3 is 5.97 Å². The minimum Gasteiger partial charge on any atom is -0.490 e. The number of hydrogen-bond donors (Lipinski definition) is 0. The predicted octanol–water partition coefficient (Wildman–Crippen LogP) is 7.76. The number of rotatable bonds is 7. The summed E-state index contributed by atoms with van der Waals surface area (Å²) in [4.78, 5) is 13.1. The van der Waals surface area contributed by atoms with E-state index in [-0.39, 0.29) is 11.9 Å². The number of ether oxygens (including phenoxy) is 2. The first-order valence-corrected chi connectivity index (χ1v) is 13.4. The first kappa shape index (κ1) is 24.1. The van der Waals surface area contributed by atoms with Crippen molar-refractivity contribution < 1.29 is 14.3 Å². The Morgan fingerprint density at radius 1 is 0.848 bits per heavy atom. The van der Waals surface area contributed by atoms with Gasteiger partial charge in [0.15, 0.2) is 0 Å². The second-order valence-electron chi connectivity index (χ2n) is 10.5. The summed E-state index contributed by atoms with van der Waals surface area (Å²) in [6, 6.07) is 7.46. The van der Waals surface area contributed by atoms with Gasteiger partial charge in [-0.05, 0) is 119 Å². The summed E-state index contributed by atoms with van der Waals surface area (Å²) < 4.78 is 11.5. The minimum atomic E-state index is -0.0161. The molecule has 3 nitrogen and oxygen atoms in total. The third-order valence-electron chi connectivity index (χ3n) is 8.56. The summed E-state index contributed by atoms with van der Waals surface area (Å²) in [7, 11) is 0.